The lowest BCUT2D eigenvalue weighted by atomic mass is 10.0. The molecule has 28 heavy (non-hydrogen) atoms. The number of carbonyl (C=O) groups is 1. The van der Waals surface area contributed by atoms with Crippen molar-refractivity contribution in [2.24, 2.45) is 0 Å². The smallest absolute Gasteiger partial charge is 0.340 e. The van der Waals surface area contributed by atoms with Crippen LogP contribution in [0.3, 0.4) is 0 Å². The van der Waals surface area contributed by atoms with Crippen LogP contribution in [-0.2, 0) is 4.74 Å². The van der Waals surface area contributed by atoms with Crippen molar-refractivity contribution in [1.29, 1.82) is 0 Å². The standard InChI is InChI=1S/C21H22ClN3O3/c1-4-28-21(27)15-10-25-18(17(15)11(2)3)20(26)23-19(24-25)13-7-8-16(22)14(9-13)12-5-6-12/h7-12H,4-6H2,1-3H3,(H,23,24,26). The van der Waals surface area contributed by atoms with Gasteiger partial charge in [-0.2, -0.15) is 0 Å². The van der Waals surface area contributed by atoms with Gasteiger partial charge in [0.25, 0.3) is 5.56 Å². The number of benzene rings is 1. The van der Waals surface area contributed by atoms with Crippen LogP contribution in [0.4, 0.5) is 0 Å². The maximum atomic E-state index is 12.9. The Hall–Kier alpha value is -2.60. The molecule has 2 aromatic heterocycles. The molecule has 0 radical (unpaired) electrons. The van der Waals surface area contributed by atoms with E-state index in [-0.39, 0.29) is 18.1 Å². The number of nitrogens with one attached hydrogen (secondary N) is 1. The summed E-state index contributed by atoms with van der Waals surface area (Å²) < 4.78 is 6.65. The van der Waals surface area contributed by atoms with Crippen molar-refractivity contribution < 1.29 is 9.53 Å². The molecule has 0 atom stereocenters. The van der Waals surface area contributed by atoms with Crippen molar-refractivity contribution >= 4 is 23.1 Å². The molecular weight excluding hydrogens is 378 g/mol. The fraction of sp³-hybridized carbons (Fsp3) is 0.381. The molecule has 0 amide bonds. The average molecular weight is 400 g/mol. The SMILES string of the molecule is CCOC(=O)c1cn2nc(-c3ccc(Cl)c(C4CC4)c3)[nH]c(=O)c2c1C(C)C. The first kappa shape index (κ1) is 18.7. The van der Waals surface area contributed by atoms with E-state index in [0.29, 0.717) is 28.4 Å². The average Bonchev–Trinajstić information content (AvgIpc) is 3.41. The van der Waals surface area contributed by atoms with Crippen LogP contribution in [-0.4, -0.2) is 27.2 Å². The van der Waals surface area contributed by atoms with E-state index in [1.165, 1.54) is 4.52 Å². The van der Waals surface area contributed by atoms with Gasteiger partial charge in [-0.25, -0.2) is 9.31 Å². The number of aromatic amines is 1. The zero-order chi connectivity index (χ0) is 20.0. The fourth-order valence-electron chi connectivity index (χ4n) is 3.60. The Labute approximate surface area is 167 Å². The molecule has 1 aromatic carbocycles. The molecule has 0 saturated heterocycles. The number of H-pyrrole nitrogens is 1. The van der Waals surface area contributed by atoms with Crippen LogP contribution >= 0.6 is 11.6 Å². The molecule has 3 aromatic rings. The summed E-state index contributed by atoms with van der Waals surface area (Å²) in [6.45, 7) is 5.90. The van der Waals surface area contributed by atoms with Crippen LogP contribution in [0.15, 0.2) is 29.2 Å². The third-order valence-corrected chi connectivity index (χ3v) is 5.38. The Morgan fingerprint density at radius 2 is 2.14 bits per heavy atom. The monoisotopic (exact) mass is 399 g/mol. The third-order valence-electron chi connectivity index (χ3n) is 5.04. The predicted molar refractivity (Wildman–Crippen MR) is 108 cm³/mol. The van der Waals surface area contributed by atoms with Crippen LogP contribution in [0, 0.1) is 0 Å². The zero-order valence-corrected chi connectivity index (χ0v) is 16.8. The third kappa shape index (κ3) is 3.22. The van der Waals surface area contributed by atoms with Crippen molar-refractivity contribution in [3.05, 3.63) is 56.5 Å². The molecule has 0 spiro atoms. The molecule has 1 aliphatic carbocycles. The van der Waals surface area contributed by atoms with Gasteiger partial charge in [0.1, 0.15) is 5.52 Å². The van der Waals surface area contributed by atoms with E-state index in [0.717, 1.165) is 29.0 Å². The van der Waals surface area contributed by atoms with Crippen LogP contribution in [0.1, 0.15) is 66.9 Å². The van der Waals surface area contributed by atoms with E-state index >= 15 is 0 Å². The summed E-state index contributed by atoms with van der Waals surface area (Å²) >= 11 is 6.32. The summed E-state index contributed by atoms with van der Waals surface area (Å²) in [4.78, 5) is 28.1. The van der Waals surface area contributed by atoms with E-state index in [4.69, 9.17) is 16.3 Å². The molecular formula is C21H22ClN3O3. The van der Waals surface area contributed by atoms with E-state index in [1.807, 2.05) is 32.0 Å². The van der Waals surface area contributed by atoms with E-state index in [2.05, 4.69) is 10.1 Å². The van der Waals surface area contributed by atoms with Crippen molar-refractivity contribution in [2.45, 2.75) is 45.4 Å². The predicted octanol–water partition coefficient (Wildman–Crippen LogP) is 4.52. The minimum atomic E-state index is -0.444. The Balaban J connectivity index is 1.88. The van der Waals surface area contributed by atoms with E-state index in [9.17, 15) is 9.59 Å². The van der Waals surface area contributed by atoms with Gasteiger partial charge in [0.15, 0.2) is 5.82 Å². The van der Waals surface area contributed by atoms with Gasteiger partial charge < -0.3 is 9.72 Å². The molecule has 146 valence electrons. The molecule has 0 unspecified atom stereocenters. The van der Waals surface area contributed by atoms with Gasteiger partial charge in [-0.05, 0) is 55.4 Å². The Morgan fingerprint density at radius 3 is 2.79 bits per heavy atom. The lowest BCUT2D eigenvalue weighted by molar-refractivity contribution is 0.0525. The number of halogens is 1. The summed E-state index contributed by atoms with van der Waals surface area (Å²) in [7, 11) is 0. The largest absolute Gasteiger partial charge is 0.462 e. The van der Waals surface area contributed by atoms with Crippen molar-refractivity contribution in [1.82, 2.24) is 14.6 Å². The summed E-state index contributed by atoms with van der Waals surface area (Å²) in [5, 5.41) is 5.31. The van der Waals surface area contributed by atoms with Gasteiger partial charge in [-0.1, -0.05) is 25.4 Å². The number of nitrogens with zero attached hydrogens (tertiary/aromatic N) is 2. The molecule has 2 heterocycles. The van der Waals surface area contributed by atoms with Gasteiger partial charge in [0, 0.05) is 22.3 Å². The molecule has 0 bridgehead atoms. The van der Waals surface area contributed by atoms with Crippen molar-refractivity contribution in [3.8, 4) is 11.4 Å². The molecule has 4 rings (SSSR count). The highest BCUT2D eigenvalue weighted by Crippen LogP contribution is 2.44. The summed E-state index contributed by atoms with van der Waals surface area (Å²) in [5.41, 5.74) is 2.99. The molecule has 1 saturated carbocycles. The maximum Gasteiger partial charge on any atom is 0.340 e. The first-order valence-electron chi connectivity index (χ1n) is 9.53. The number of fused-ring (bicyclic) bond motifs is 1. The second-order valence-electron chi connectivity index (χ2n) is 7.44. The molecule has 1 fully saturated rings. The van der Waals surface area contributed by atoms with Crippen molar-refractivity contribution in [3.63, 3.8) is 0 Å². The minimum Gasteiger partial charge on any atom is -0.462 e. The number of hydrogen-bond donors (Lipinski definition) is 1. The highest BCUT2D eigenvalue weighted by Gasteiger charge is 2.27. The minimum absolute atomic E-state index is 0.0323. The lowest BCUT2D eigenvalue weighted by Gasteiger charge is -2.08. The number of rotatable bonds is 5. The van der Waals surface area contributed by atoms with Gasteiger partial charge in [-0.3, -0.25) is 4.79 Å². The first-order valence-corrected chi connectivity index (χ1v) is 9.91. The maximum absolute atomic E-state index is 12.9. The summed E-state index contributed by atoms with van der Waals surface area (Å²) in [5.74, 6) is 0.449. The van der Waals surface area contributed by atoms with Gasteiger partial charge >= 0.3 is 5.97 Å². The molecule has 7 heteroatoms. The number of hydrogen-bond acceptors (Lipinski definition) is 4. The topological polar surface area (TPSA) is 76.5 Å². The fourth-order valence-corrected chi connectivity index (χ4v) is 3.87. The number of carbonyl (C=O) groups excluding carboxylic acids is 1. The van der Waals surface area contributed by atoms with Gasteiger partial charge in [-0.15, -0.1) is 5.10 Å². The highest BCUT2D eigenvalue weighted by atomic mass is 35.5. The number of aromatic nitrogens is 3. The van der Waals surface area contributed by atoms with E-state index in [1.54, 1.807) is 13.1 Å². The molecule has 6 nitrogen and oxygen atoms in total. The molecule has 0 aliphatic heterocycles. The van der Waals surface area contributed by atoms with Crippen LogP contribution < -0.4 is 5.56 Å². The number of esters is 1. The van der Waals surface area contributed by atoms with Crippen LogP contribution in [0.5, 0.6) is 0 Å². The summed E-state index contributed by atoms with van der Waals surface area (Å²) in [6, 6.07) is 5.68. The van der Waals surface area contributed by atoms with Crippen LogP contribution in [0.25, 0.3) is 16.9 Å². The van der Waals surface area contributed by atoms with Gasteiger partial charge in [0.05, 0.1) is 12.2 Å². The second-order valence-corrected chi connectivity index (χ2v) is 7.85. The Morgan fingerprint density at radius 1 is 1.39 bits per heavy atom. The lowest BCUT2D eigenvalue weighted by Crippen LogP contribution is -2.15. The van der Waals surface area contributed by atoms with E-state index < -0.39 is 5.97 Å². The second kappa shape index (κ2) is 7.09. The highest BCUT2D eigenvalue weighted by molar-refractivity contribution is 6.31. The molecule has 1 N–H and O–H groups in total. The Bertz CT molecular complexity index is 1130. The normalized spacial score (nSPS) is 14.0. The Kier molecular flexibility index (Phi) is 4.75. The zero-order valence-electron chi connectivity index (χ0n) is 16.1. The van der Waals surface area contributed by atoms with Gasteiger partial charge in [0.2, 0.25) is 0 Å². The molecule has 1 aliphatic rings. The van der Waals surface area contributed by atoms with Crippen molar-refractivity contribution in [2.75, 3.05) is 6.61 Å². The first-order chi connectivity index (χ1) is 13.4. The number of ether oxygens (including phenoxy) is 1. The summed E-state index contributed by atoms with van der Waals surface area (Å²) in [6.07, 6.45) is 3.84. The quantitative estimate of drug-likeness (QED) is 0.640. The van der Waals surface area contributed by atoms with Crippen LogP contribution in [0.2, 0.25) is 5.02 Å².